The number of hydrogen-bond donors (Lipinski definition) is 1. The van der Waals surface area contributed by atoms with Gasteiger partial charge in [-0.2, -0.15) is 0 Å². The first-order chi connectivity index (χ1) is 12.6. The Morgan fingerprint density at radius 3 is 2.58 bits per heavy atom. The minimum absolute atomic E-state index is 0.273. The molecule has 2 saturated heterocycles. The second kappa shape index (κ2) is 5.66. The molecule has 0 radical (unpaired) electrons. The molecule has 3 aromatic rings. The lowest BCUT2D eigenvalue weighted by atomic mass is 10.0. The van der Waals surface area contributed by atoms with Crippen molar-refractivity contribution in [2.24, 2.45) is 18.9 Å². The van der Waals surface area contributed by atoms with Gasteiger partial charge in [0.2, 0.25) is 0 Å². The molecule has 0 saturated carbocycles. The molecule has 2 aliphatic heterocycles. The molecule has 0 amide bonds. The predicted molar refractivity (Wildman–Crippen MR) is 101 cm³/mol. The van der Waals surface area contributed by atoms with Gasteiger partial charge in [0, 0.05) is 57.3 Å². The maximum Gasteiger partial charge on any atom is 0.329 e. The lowest BCUT2D eigenvalue weighted by Gasteiger charge is -2.22. The van der Waals surface area contributed by atoms with Crippen LogP contribution < -0.4 is 21.0 Å². The number of nitrogens with one attached hydrogen (secondary N) is 1. The molecule has 2 unspecified atom stereocenters. The molecule has 3 aromatic heterocycles. The fourth-order valence-corrected chi connectivity index (χ4v) is 4.91. The summed E-state index contributed by atoms with van der Waals surface area (Å²) in [5, 5.41) is 1.05. The van der Waals surface area contributed by atoms with Crippen LogP contribution >= 0.6 is 11.3 Å². The van der Waals surface area contributed by atoms with Crippen molar-refractivity contribution in [3.8, 4) is 0 Å². The van der Waals surface area contributed by atoms with Crippen LogP contribution in [0.5, 0.6) is 0 Å². The number of H-pyrrole nitrogens is 1. The van der Waals surface area contributed by atoms with Crippen LogP contribution in [0, 0.1) is 11.8 Å². The summed E-state index contributed by atoms with van der Waals surface area (Å²) in [6.07, 6.45) is 3.60. The monoisotopic (exact) mass is 370 g/mol. The number of pyridine rings is 1. The molecule has 134 valence electrons. The van der Waals surface area contributed by atoms with Crippen molar-refractivity contribution < 1.29 is 0 Å². The molecule has 0 aliphatic carbocycles. The average molecular weight is 370 g/mol. The van der Waals surface area contributed by atoms with Crippen LogP contribution in [0.2, 0.25) is 0 Å². The highest BCUT2D eigenvalue weighted by molar-refractivity contribution is 7.22. The third-order valence-electron chi connectivity index (χ3n) is 5.41. The Bertz CT molecular complexity index is 1020. The van der Waals surface area contributed by atoms with Crippen molar-refractivity contribution in [3.05, 3.63) is 45.4 Å². The van der Waals surface area contributed by atoms with Crippen LogP contribution in [-0.2, 0) is 7.05 Å². The van der Waals surface area contributed by atoms with E-state index < -0.39 is 0 Å². The zero-order valence-electron chi connectivity index (χ0n) is 14.3. The first kappa shape index (κ1) is 15.6. The molecule has 2 fully saturated rings. The van der Waals surface area contributed by atoms with E-state index in [-0.39, 0.29) is 11.2 Å². The van der Waals surface area contributed by atoms with E-state index in [4.69, 9.17) is 4.98 Å². The minimum atomic E-state index is -0.366. The van der Waals surface area contributed by atoms with Crippen LogP contribution in [-0.4, -0.2) is 45.7 Å². The largest absolute Gasteiger partial charge is 0.357 e. The Labute approximate surface area is 152 Å². The zero-order valence-corrected chi connectivity index (χ0v) is 15.1. The summed E-state index contributed by atoms with van der Waals surface area (Å²) in [5.74, 6) is 1.64. The second-order valence-corrected chi connectivity index (χ2v) is 8.04. The Hall–Kier alpha value is -2.68. The molecule has 9 heteroatoms. The summed E-state index contributed by atoms with van der Waals surface area (Å²) in [5.41, 5.74) is 0.309. The van der Waals surface area contributed by atoms with E-state index >= 15 is 0 Å². The van der Waals surface area contributed by atoms with E-state index in [1.807, 2.05) is 6.07 Å². The molecular formula is C17H18N6O2S. The van der Waals surface area contributed by atoms with Gasteiger partial charge in [-0.05, 0) is 6.07 Å². The lowest BCUT2D eigenvalue weighted by molar-refractivity contribution is 0.533. The molecule has 0 spiro atoms. The van der Waals surface area contributed by atoms with E-state index in [9.17, 15) is 9.59 Å². The van der Waals surface area contributed by atoms with Crippen molar-refractivity contribution in [1.82, 2.24) is 19.5 Å². The van der Waals surface area contributed by atoms with Gasteiger partial charge in [0.1, 0.15) is 11.3 Å². The SMILES string of the molecule is Cn1c(=O)cc(N2CC3CN(c4nc5cnccc5s4)CC3C2)[nH]c1=O. The van der Waals surface area contributed by atoms with Gasteiger partial charge in [0.05, 0.1) is 10.9 Å². The van der Waals surface area contributed by atoms with Crippen molar-refractivity contribution in [2.75, 3.05) is 36.0 Å². The standard InChI is InChI=1S/C17H18N6O2S/c1-21-15(24)4-14(20-16(21)25)22-6-10-8-23(9-11(10)7-22)17-19-12-5-18-3-2-13(12)26-17/h2-5,10-11H,6-9H2,1H3,(H,20,25). The molecule has 26 heavy (non-hydrogen) atoms. The Morgan fingerprint density at radius 2 is 1.88 bits per heavy atom. The highest BCUT2D eigenvalue weighted by Gasteiger charge is 2.41. The van der Waals surface area contributed by atoms with Crippen LogP contribution in [0.4, 0.5) is 10.9 Å². The number of hydrogen-bond acceptors (Lipinski definition) is 7. The minimum Gasteiger partial charge on any atom is -0.357 e. The van der Waals surface area contributed by atoms with Crippen LogP contribution in [0.3, 0.4) is 0 Å². The molecule has 1 N–H and O–H groups in total. The van der Waals surface area contributed by atoms with Crippen molar-refractivity contribution in [3.63, 3.8) is 0 Å². The van der Waals surface area contributed by atoms with Crippen LogP contribution in [0.25, 0.3) is 10.2 Å². The number of anilines is 2. The molecule has 2 aliphatic rings. The molecular weight excluding hydrogens is 352 g/mol. The van der Waals surface area contributed by atoms with E-state index in [2.05, 4.69) is 19.8 Å². The van der Waals surface area contributed by atoms with Gasteiger partial charge in [0.25, 0.3) is 5.56 Å². The van der Waals surface area contributed by atoms with Crippen LogP contribution in [0.15, 0.2) is 34.1 Å². The quantitative estimate of drug-likeness (QED) is 0.713. The smallest absolute Gasteiger partial charge is 0.329 e. The molecule has 5 rings (SSSR count). The predicted octanol–water partition coefficient (Wildman–Crippen LogP) is 0.651. The van der Waals surface area contributed by atoms with Gasteiger partial charge in [-0.15, -0.1) is 0 Å². The van der Waals surface area contributed by atoms with Gasteiger partial charge in [-0.3, -0.25) is 19.3 Å². The summed E-state index contributed by atoms with van der Waals surface area (Å²) in [7, 11) is 1.48. The Balaban J connectivity index is 1.34. The van der Waals surface area contributed by atoms with Gasteiger partial charge in [-0.25, -0.2) is 9.78 Å². The van der Waals surface area contributed by atoms with Gasteiger partial charge in [0.15, 0.2) is 5.13 Å². The van der Waals surface area contributed by atoms with E-state index in [0.29, 0.717) is 17.7 Å². The maximum atomic E-state index is 11.9. The number of fused-ring (bicyclic) bond motifs is 2. The summed E-state index contributed by atoms with van der Waals surface area (Å²) in [6.45, 7) is 3.58. The Morgan fingerprint density at radius 1 is 1.15 bits per heavy atom. The number of aromatic nitrogens is 4. The van der Waals surface area contributed by atoms with Crippen molar-refractivity contribution >= 4 is 32.5 Å². The summed E-state index contributed by atoms with van der Waals surface area (Å²) in [4.78, 5) is 39.9. The number of thiazole rings is 1. The third kappa shape index (κ3) is 2.42. The second-order valence-electron chi connectivity index (χ2n) is 7.03. The average Bonchev–Trinajstić information content (AvgIpc) is 3.30. The van der Waals surface area contributed by atoms with Crippen molar-refractivity contribution in [1.29, 1.82) is 0 Å². The topological polar surface area (TPSA) is 87.1 Å². The summed E-state index contributed by atoms with van der Waals surface area (Å²) in [6, 6.07) is 3.52. The lowest BCUT2D eigenvalue weighted by Crippen LogP contribution is -2.36. The van der Waals surface area contributed by atoms with E-state index in [1.165, 1.54) is 13.1 Å². The van der Waals surface area contributed by atoms with Gasteiger partial charge < -0.3 is 9.80 Å². The number of rotatable bonds is 2. The fourth-order valence-electron chi connectivity index (χ4n) is 3.96. The normalized spacial score (nSPS) is 22.3. The number of aromatic amines is 1. The highest BCUT2D eigenvalue weighted by Crippen LogP contribution is 2.37. The molecule has 0 aromatic carbocycles. The van der Waals surface area contributed by atoms with Gasteiger partial charge in [-0.1, -0.05) is 11.3 Å². The van der Waals surface area contributed by atoms with Gasteiger partial charge >= 0.3 is 5.69 Å². The number of nitrogens with zero attached hydrogens (tertiary/aromatic N) is 5. The van der Waals surface area contributed by atoms with Crippen LogP contribution in [0.1, 0.15) is 0 Å². The highest BCUT2D eigenvalue weighted by atomic mass is 32.1. The first-order valence-corrected chi connectivity index (χ1v) is 9.41. The van der Waals surface area contributed by atoms with Crippen molar-refractivity contribution in [2.45, 2.75) is 0 Å². The Kier molecular flexibility index (Phi) is 3.39. The first-order valence-electron chi connectivity index (χ1n) is 8.59. The maximum absolute atomic E-state index is 11.9. The molecule has 2 atom stereocenters. The third-order valence-corrected chi connectivity index (χ3v) is 6.50. The molecule has 5 heterocycles. The van der Waals surface area contributed by atoms with E-state index in [0.717, 1.165) is 46.1 Å². The summed E-state index contributed by atoms with van der Waals surface area (Å²) < 4.78 is 2.25. The molecule has 8 nitrogen and oxygen atoms in total. The zero-order chi connectivity index (χ0) is 17.8. The fraction of sp³-hybridized carbons (Fsp3) is 0.412. The summed E-state index contributed by atoms with van der Waals surface area (Å²) >= 11 is 1.71. The molecule has 0 bridgehead atoms. The van der Waals surface area contributed by atoms with E-state index in [1.54, 1.807) is 23.7 Å².